The van der Waals surface area contributed by atoms with Crippen LogP contribution in [-0.4, -0.2) is 67.9 Å². The number of carbonyl (C=O) groups is 1. The third-order valence-corrected chi connectivity index (χ3v) is 7.98. The monoisotopic (exact) mass is 488 g/mol. The van der Waals surface area contributed by atoms with Gasteiger partial charge in [0.05, 0.1) is 11.8 Å². The number of carbonyl (C=O) groups excluding carboxylic acids is 1. The highest BCUT2D eigenvalue weighted by Gasteiger charge is 2.21. The molecule has 4 rings (SSSR count). The van der Waals surface area contributed by atoms with E-state index in [1.54, 1.807) is 42.3 Å². The van der Waals surface area contributed by atoms with Crippen molar-refractivity contribution in [2.45, 2.75) is 18.2 Å². The zero-order valence-electron chi connectivity index (χ0n) is 19.0. The highest BCUT2D eigenvalue weighted by Crippen LogP contribution is 2.36. The first-order valence-corrected chi connectivity index (χ1v) is 12.9. The molecule has 0 spiro atoms. The van der Waals surface area contributed by atoms with Crippen LogP contribution in [-0.2, 0) is 4.79 Å². The molecule has 2 heterocycles. The van der Waals surface area contributed by atoms with Crippen LogP contribution in [0.5, 0.6) is 5.75 Å². The van der Waals surface area contributed by atoms with E-state index in [0.717, 1.165) is 54.0 Å². The van der Waals surface area contributed by atoms with E-state index in [-0.39, 0.29) is 11.7 Å². The maximum Gasteiger partial charge on any atom is 0.220 e. The van der Waals surface area contributed by atoms with E-state index in [0.29, 0.717) is 18.7 Å². The van der Waals surface area contributed by atoms with Crippen molar-refractivity contribution in [3.63, 3.8) is 0 Å². The topological polar surface area (TPSA) is 57.7 Å². The van der Waals surface area contributed by atoms with Crippen molar-refractivity contribution in [2.24, 2.45) is 0 Å². The lowest BCUT2D eigenvalue weighted by Gasteiger charge is -2.34. The number of aryl methyl sites for hydroxylation is 1. The van der Waals surface area contributed by atoms with Crippen molar-refractivity contribution in [3.05, 3.63) is 47.8 Å². The molecule has 1 fully saturated rings. The second kappa shape index (κ2) is 11.2. The fourth-order valence-electron chi connectivity index (χ4n) is 3.80. The lowest BCUT2D eigenvalue weighted by atomic mass is 10.2. The van der Waals surface area contributed by atoms with E-state index in [9.17, 15) is 9.18 Å². The minimum Gasteiger partial charge on any atom is -0.494 e. The molecule has 0 saturated carbocycles. The van der Waals surface area contributed by atoms with Crippen LogP contribution in [0.1, 0.15) is 12.0 Å². The molecule has 1 aliphatic heterocycles. The van der Waals surface area contributed by atoms with E-state index in [1.807, 2.05) is 6.07 Å². The van der Waals surface area contributed by atoms with Gasteiger partial charge in [-0.15, -0.1) is 11.8 Å². The number of nitrogens with one attached hydrogen (secondary N) is 1. The number of nitrogens with zero attached hydrogens (tertiary/aromatic N) is 3. The van der Waals surface area contributed by atoms with Gasteiger partial charge in [-0.25, -0.2) is 9.37 Å². The van der Waals surface area contributed by atoms with E-state index in [4.69, 9.17) is 9.72 Å². The molecule has 2 aromatic carbocycles. The summed E-state index contributed by atoms with van der Waals surface area (Å²) < 4.78 is 19.6. The second-order valence-corrected chi connectivity index (χ2v) is 10.1. The molecular formula is C24H29FN4O2S2. The smallest absolute Gasteiger partial charge is 0.220 e. The lowest BCUT2D eigenvalue weighted by Crippen LogP contribution is -2.48. The molecule has 3 aromatic rings. The Morgan fingerprint density at radius 1 is 1.18 bits per heavy atom. The SMILES string of the molecule is COc1ccc(C)c2sc(N3CCN(CCNC(=O)CCSc4ccc(F)cc4)CC3)nc12. The number of amides is 1. The van der Waals surface area contributed by atoms with Crippen molar-refractivity contribution in [1.29, 1.82) is 0 Å². The Balaban J connectivity index is 1.17. The predicted octanol–water partition coefficient (Wildman–Crippen LogP) is 4.17. The van der Waals surface area contributed by atoms with E-state index in [1.165, 1.54) is 22.4 Å². The Hall–Kier alpha value is -2.36. The summed E-state index contributed by atoms with van der Waals surface area (Å²) in [4.78, 5) is 22.7. The summed E-state index contributed by atoms with van der Waals surface area (Å²) in [6.45, 7) is 7.34. The van der Waals surface area contributed by atoms with Crippen molar-refractivity contribution in [3.8, 4) is 5.75 Å². The summed E-state index contributed by atoms with van der Waals surface area (Å²) >= 11 is 3.29. The minimum absolute atomic E-state index is 0.0574. The quantitative estimate of drug-likeness (QED) is 0.456. The summed E-state index contributed by atoms with van der Waals surface area (Å²) in [5, 5.41) is 4.06. The Morgan fingerprint density at radius 2 is 1.94 bits per heavy atom. The van der Waals surface area contributed by atoms with Gasteiger partial charge in [0.15, 0.2) is 5.13 Å². The van der Waals surface area contributed by atoms with Gasteiger partial charge in [0, 0.05) is 56.3 Å². The number of methoxy groups -OCH3 is 1. The number of hydrogen-bond donors (Lipinski definition) is 1. The average molecular weight is 489 g/mol. The molecule has 1 amide bonds. The molecule has 0 unspecified atom stereocenters. The fraction of sp³-hybridized carbons (Fsp3) is 0.417. The maximum atomic E-state index is 12.9. The molecule has 33 heavy (non-hydrogen) atoms. The van der Waals surface area contributed by atoms with Crippen LogP contribution in [0.3, 0.4) is 0 Å². The normalized spacial score (nSPS) is 14.6. The second-order valence-electron chi connectivity index (χ2n) is 7.99. The zero-order chi connectivity index (χ0) is 23.2. The number of halogens is 1. The summed E-state index contributed by atoms with van der Waals surface area (Å²) in [6, 6.07) is 10.4. The van der Waals surface area contributed by atoms with Gasteiger partial charge in [0.1, 0.15) is 17.1 Å². The number of thiazole rings is 1. The van der Waals surface area contributed by atoms with Crippen LogP contribution in [0, 0.1) is 12.7 Å². The van der Waals surface area contributed by atoms with Gasteiger partial charge in [-0.1, -0.05) is 17.4 Å². The Bertz CT molecular complexity index is 1080. The number of piperazine rings is 1. The molecule has 1 saturated heterocycles. The number of thioether (sulfide) groups is 1. The molecule has 0 radical (unpaired) electrons. The summed E-state index contributed by atoms with van der Waals surface area (Å²) in [6.07, 6.45) is 0.455. The first-order valence-electron chi connectivity index (χ1n) is 11.1. The van der Waals surface area contributed by atoms with Crippen LogP contribution in [0.25, 0.3) is 10.2 Å². The predicted molar refractivity (Wildman–Crippen MR) is 134 cm³/mol. The van der Waals surface area contributed by atoms with E-state index >= 15 is 0 Å². The van der Waals surface area contributed by atoms with E-state index in [2.05, 4.69) is 28.1 Å². The van der Waals surface area contributed by atoms with Crippen LogP contribution < -0.4 is 15.0 Å². The van der Waals surface area contributed by atoms with Crippen molar-refractivity contribution in [2.75, 3.05) is 57.0 Å². The van der Waals surface area contributed by atoms with Gasteiger partial charge in [0.2, 0.25) is 5.91 Å². The third-order valence-electron chi connectivity index (χ3n) is 5.72. The van der Waals surface area contributed by atoms with Crippen molar-refractivity contribution in [1.82, 2.24) is 15.2 Å². The molecule has 9 heteroatoms. The zero-order valence-corrected chi connectivity index (χ0v) is 20.6. The molecule has 0 atom stereocenters. The number of benzene rings is 2. The minimum atomic E-state index is -0.242. The Labute approximate surface area is 202 Å². The number of anilines is 1. The van der Waals surface area contributed by atoms with Gasteiger partial charge >= 0.3 is 0 Å². The number of ether oxygens (including phenoxy) is 1. The number of fused-ring (bicyclic) bond motifs is 1. The molecule has 6 nitrogen and oxygen atoms in total. The third kappa shape index (κ3) is 6.16. The van der Waals surface area contributed by atoms with Gasteiger partial charge in [-0.05, 0) is 42.8 Å². The highest BCUT2D eigenvalue weighted by molar-refractivity contribution is 7.99. The van der Waals surface area contributed by atoms with Gasteiger partial charge < -0.3 is 15.0 Å². The number of aromatic nitrogens is 1. The largest absolute Gasteiger partial charge is 0.494 e. The van der Waals surface area contributed by atoms with Gasteiger partial charge in [-0.2, -0.15) is 0 Å². The van der Waals surface area contributed by atoms with Crippen LogP contribution in [0.4, 0.5) is 9.52 Å². The first kappa shape index (κ1) is 23.8. The van der Waals surface area contributed by atoms with Crippen LogP contribution in [0.2, 0.25) is 0 Å². The first-order chi connectivity index (χ1) is 16.0. The van der Waals surface area contributed by atoms with Crippen molar-refractivity contribution >= 4 is 44.4 Å². The van der Waals surface area contributed by atoms with Gasteiger partial charge in [-0.3, -0.25) is 9.69 Å². The molecular weight excluding hydrogens is 459 g/mol. The molecule has 1 N–H and O–H groups in total. The lowest BCUT2D eigenvalue weighted by molar-refractivity contribution is -0.120. The molecule has 0 bridgehead atoms. The van der Waals surface area contributed by atoms with E-state index < -0.39 is 0 Å². The molecule has 176 valence electrons. The fourth-order valence-corrected chi connectivity index (χ4v) is 5.75. The molecule has 0 aliphatic carbocycles. The molecule has 1 aliphatic rings. The van der Waals surface area contributed by atoms with Crippen LogP contribution >= 0.6 is 23.1 Å². The van der Waals surface area contributed by atoms with Crippen LogP contribution in [0.15, 0.2) is 41.3 Å². The highest BCUT2D eigenvalue weighted by atomic mass is 32.2. The standard InChI is InChI=1S/C24H29FN4O2S2/c1-17-3-8-20(31-2)22-23(17)33-24(27-22)29-14-12-28(13-15-29)11-10-26-21(30)9-16-32-19-6-4-18(25)5-7-19/h3-8H,9-16H2,1-2H3,(H,26,30). The summed E-state index contributed by atoms with van der Waals surface area (Å²) in [5.74, 6) is 1.32. The number of hydrogen-bond acceptors (Lipinski definition) is 7. The number of rotatable bonds is 9. The average Bonchev–Trinajstić information content (AvgIpc) is 3.28. The Kier molecular flexibility index (Phi) is 8.06. The molecule has 1 aromatic heterocycles. The Morgan fingerprint density at radius 3 is 2.67 bits per heavy atom. The summed E-state index contributed by atoms with van der Waals surface area (Å²) in [7, 11) is 1.69. The summed E-state index contributed by atoms with van der Waals surface area (Å²) in [5.41, 5.74) is 2.17. The van der Waals surface area contributed by atoms with Crippen molar-refractivity contribution < 1.29 is 13.9 Å². The van der Waals surface area contributed by atoms with Gasteiger partial charge in [0.25, 0.3) is 0 Å². The maximum absolute atomic E-state index is 12.9.